The van der Waals surface area contributed by atoms with E-state index in [9.17, 15) is 30.6 Å². The molecular formula is C26H52N6O9. The van der Waals surface area contributed by atoms with E-state index in [1.807, 2.05) is 0 Å². The van der Waals surface area contributed by atoms with Crippen molar-refractivity contribution in [3.05, 3.63) is 0 Å². The van der Waals surface area contributed by atoms with Crippen LogP contribution in [0.25, 0.3) is 0 Å². The summed E-state index contributed by atoms with van der Waals surface area (Å²) in [5, 5.41) is 68.3. The molecule has 0 aromatic rings. The van der Waals surface area contributed by atoms with Crippen molar-refractivity contribution in [2.24, 2.45) is 34.8 Å². The van der Waals surface area contributed by atoms with Crippen molar-refractivity contribution in [1.29, 1.82) is 0 Å². The molecule has 15 nitrogen and oxygen atoms in total. The quantitative estimate of drug-likeness (QED) is 0.101. The lowest BCUT2D eigenvalue weighted by atomic mass is 9.72. The van der Waals surface area contributed by atoms with E-state index < -0.39 is 79.6 Å². The predicted molar refractivity (Wildman–Crippen MR) is 147 cm³/mol. The Morgan fingerprint density at radius 3 is 2.17 bits per heavy atom. The number of aliphatic hydroxyl groups is 6. The molecule has 240 valence electrons. The zero-order valence-electron chi connectivity index (χ0n) is 23.5. The van der Waals surface area contributed by atoms with Gasteiger partial charge in [0, 0.05) is 36.6 Å². The molecule has 13 atom stereocenters. The van der Waals surface area contributed by atoms with Gasteiger partial charge in [0.25, 0.3) is 0 Å². The molecule has 16 N–H and O–H groups in total. The summed E-state index contributed by atoms with van der Waals surface area (Å²) in [5.41, 5.74) is 25.0. The third kappa shape index (κ3) is 7.74. The lowest BCUT2D eigenvalue weighted by molar-refractivity contribution is -0.306. The maximum atomic E-state index is 11.8. The largest absolute Gasteiger partial charge is 0.395 e. The SMILES string of the molecule is NC1CC(CNC[C@@H]2CC[C@@H](N)[C@@H](C3[C@@H](N)C[C@@H](NC(CO)CO)[C@H](O[C@H]4O[C@H](CO)[C@@H](O)[C@H](N)[C@H]4O)[C@H]3O)O2)C1. The van der Waals surface area contributed by atoms with E-state index in [4.69, 9.17) is 37.1 Å². The normalized spacial score (nSPS) is 47.3. The summed E-state index contributed by atoms with van der Waals surface area (Å²) in [6.45, 7) is 0.189. The molecule has 4 rings (SSSR count). The molecule has 2 heterocycles. The summed E-state index contributed by atoms with van der Waals surface area (Å²) in [5.74, 6) is -0.0721. The molecular weight excluding hydrogens is 540 g/mol. The highest BCUT2D eigenvalue weighted by molar-refractivity contribution is 5.05. The van der Waals surface area contributed by atoms with Crippen molar-refractivity contribution in [2.75, 3.05) is 32.9 Å². The fourth-order valence-electron chi connectivity index (χ4n) is 6.78. The molecule has 15 heteroatoms. The molecule has 4 fully saturated rings. The molecule has 4 aliphatic rings. The topological polar surface area (TPSA) is 277 Å². The fourth-order valence-corrected chi connectivity index (χ4v) is 6.78. The molecule has 2 saturated heterocycles. The Balaban J connectivity index is 1.48. The average molecular weight is 593 g/mol. The van der Waals surface area contributed by atoms with E-state index in [-0.39, 0.29) is 31.8 Å². The third-order valence-electron chi connectivity index (χ3n) is 9.32. The van der Waals surface area contributed by atoms with Crippen LogP contribution >= 0.6 is 0 Å². The van der Waals surface area contributed by atoms with Crippen LogP contribution in [-0.4, -0.2) is 149 Å². The average Bonchev–Trinajstić information content (AvgIpc) is 2.93. The maximum absolute atomic E-state index is 11.8. The van der Waals surface area contributed by atoms with Gasteiger partial charge < -0.3 is 78.4 Å². The molecule has 0 aromatic carbocycles. The van der Waals surface area contributed by atoms with E-state index in [0.717, 1.165) is 25.8 Å². The van der Waals surface area contributed by atoms with Gasteiger partial charge in [-0.1, -0.05) is 0 Å². The molecule has 0 aromatic heterocycles. The number of ether oxygens (including phenoxy) is 3. The van der Waals surface area contributed by atoms with Crippen LogP contribution in [0.4, 0.5) is 0 Å². The molecule has 0 bridgehead atoms. The Bertz CT molecular complexity index is 795. The second-order valence-electron chi connectivity index (χ2n) is 12.4. The van der Waals surface area contributed by atoms with E-state index in [1.165, 1.54) is 0 Å². The van der Waals surface area contributed by atoms with Crippen LogP contribution in [0.2, 0.25) is 0 Å². The standard InChI is InChI=1S/C26H52N6O9/c27-12-3-11(4-12)6-31-7-14-1-2-15(28)24(39-14)19-16(29)5-17(32-13(8-33)9-34)25(22(19)37)41-26-23(38)20(30)21(36)18(10-35)40-26/h11-26,31-38H,1-10,27-30H2/t11?,12?,14-,15+,16-,17+,18+,19?,20-,21+,22-,23+,24-,25-,26+/m0/s1. The Morgan fingerprint density at radius 1 is 0.829 bits per heavy atom. The molecule has 41 heavy (non-hydrogen) atoms. The summed E-state index contributed by atoms with van der Waals surface area (Å²) < 4.78 is 18.2. The molecule has 1 unspecified atom stereocenters. The predicted octanol–water partition coefficient (Wildman–Crippen LogP) is -5.64. The lowest BCUT2D eigenvalue weighted by Crippen LogP contribution is -2.69. The number of nitrogens with one attached hydrogen (secondary N) is 2. The summed E-state index contributed by atoms with van der Waals surface area (Å²) in [6, 6.07) is -3.23. The van der Waals surface area contributed by atoms with E-state index in [1.54, 1.807) is 0 Å². The van der Waals surface area contributed by atoms with Crippen molar-refractivity contribution in [1.82, 2.24) is 10.6 Å². The molecule has 0 spiro atoms. The minimum Gasteiger partial charge on any atom is -0.395 e. The molecule has 2 aliphatic heterocycles. The Labute approximate surface area is 240 Å². The fraction of sp³-hybridized carbons (Fsp3) is 1.00. The number of aliphatic hydroxyl groups excluding tert-OH is 6. The van der Waals surface area contributed by atoms with E-state index in [2.05, 4.69) is 10.6 Å². The molecule has 0 radical (unpaired) electrons. The minimum absolute atomic E-state index is 0.121. The van der Waals surface area contributed by atoms with E-state index in [0.29, 0.717) is 24.9 Å². The van der Waals surface area contributed by atoms with Crippen molar-refractivity contribution in [2.45, 2.75) is 117 Å². The van der Waals surface area contributed by atoms with Gasteiger partial charge in [0.05, 0.1) is 50.2 Å². The van der Waals surface area contributed by atoms with Gasteiger partial charge in [-0.15, -0.1) is 0 Å². The Morgan fingerprint density at radius 2 is 1.54 bits per heavy atom. The van der Waals surface area contributed by atoms with Crippen LogP contribution < -0.4 is 33.6 Å². The van der Waals surface area contributed by atoms with Gasteiger partial charge in [-0.2, -0.15) is 0 Å². The molecule has 2 aliphatic carbocycles. The van der Waals surface area contributed by atoms with Gasteiger partial charge in [0.15, 0.2) is 6.29 Å². The summed E-state index contributed by atoms with van der Waals surface area (Å²) in [4.78, 5) is 0. The van der Waals surface area contributed by atoms with Crippen molar-refractivity contribution < 1.29 is 44.8 Å². The van der Waals surface area contributed by atoms with Gasteiger partial charge >= 0.3 is 0 Å². The van der Waals surface area contributed by atoms with Gasteiger partial charge in [-0.05, 0) is 44.6 Å². The number of nitrogens with two attached hydrogens (primary N) is 4. The third-order valence-corrected chi connectivity index (χ3v) is 9.32. The monoisotopic (exact) mass is 592 g/mol. The Hall–Kier alpha value is -0.600. The first-order valence-corrected chi connectivity index (χ1v) is 14.9. The minimum atomic E-state index is -1.46. The van der Waals surface area contributed by atoms with Crippen molar-refractivity contribution in [3.8, 4) is 0 Å². The molecule has 2 saturated carbocycles. The van der Waals surface area contributed by atoms with Gasteiger partial charge in [0.1, 0.15) is 24.4 Å². The highest BCUT2D eigenvalue weighted by atomic mass is 16.7. The first kappa shape index (κ1) is 33.3. The summed E-state index contributed by atoms with van der Waals surface area (Å²) >= 11 is 0. The number of hydrogen-bond donors (Lipinski definition) is 12. The summed E-state index contributed by atoms with van der Waals surface area (Å²) in [7, 11) is 0. The zero-order chi connectivity index (χ0) is 29.8. The van der Waals surface area contributed by atoms with Crippen LogP contribution in [0.3, 0.4) is 0 Å². The van der Waals surface area contributed by atoms with Crippen LogP contribution in [0.15, 0.2) is 0 Å². The maximum Gasteiger partial charge on any atom is 0.186 e. The highest BCUT2D eigenvalue weighted by Gasteiger charge is 2.52. The Kier molecular flexibility index (Phi) is 12.1. The summed E-state index contributed by atoms with van der Waals surface area (Å²) in [6.07, 6.45) is -4.55. The van der Waals surface area contributed by atoms with Crippen molar-refractivity contribution in [3.63, 3.8) is 0 Å². The van der Waals surface area contributed by atoms with Gasteiger partial charge in [-0.25, -0.2) is 0 Å². The first-order valence-electron chi connectivity index (χ1n) is 14.9. The second-order valence-corrected chi connectivity index (χ2v) is 12.4. The van der Waals surface area contributed by atoms with Crippen molar-refractivity contribution >= 4 is 0 Å². The second kappa shape index (κ2) is 14.9. The molecule has 0 amide bonds. The van der Waals surface area contributed by atoms with Crippen LogP contribution in [-0.2, 0) is 14.2 Å². The zero-order valence-corrected chi connectivity index (χ0v) is 23.5. The smallest absolute Gasteiger partial charge is 0.186 e. The van der Waals surface area contributed by atoms with Crippen LogP contribution in [0, 0.1) is 11.8 Å². The van der Waals surface area contributed by atoms with Crippen LogP contribution in [0.5, 0.6) is 0 Å². The van der Waals surface area contributed by atoms with Gasteiger partial charge in [0.2, 0.25) is 0 Å². The van der Waals surface area contributed by atoms with E-state index >= 15 is 0 Å². The number of hydrogen-bond acceptors (Lipinski definition) is 15. The lowest BCUT2D eigenvalue weighted by Gasteiger charge is -2.51. The first-order chi connectivity index (χ1) is 19.6. The van der Waals surface area contributed by atoms with Gasteiger partial charge in [-0.3, -0.25) is 0 Å². The van der Waals surface area contributed by atoms with Crippen LogP contribution in [0.1, 0.15) is 32.1 Å². The highest BCUT2D eigenvalue weighted by Crippen LogP contribution is 2.37. The number of rotatable bonds is 12.